The van der Waals surface area contributed by atoms with E-state index >= 15 is 0 Å². The van der Waals surface area contributed by atoms with Crippen LogP contribution in [-0.4, -0.2) is 15.0 Å². The Labute approximate surface area is 92.5 Å². The zero-order chi connectivity index (χ0) is 10.4. The number of rotatable bonds is 0. The lowest BCUT2D eigenvalue weighted by molar-refractivity contribution is 1.20. The lowest BCUT2D eigenvalue weighted by atomic mass is 10.2. The van der Waals surface area contributed by atoms with E-state index in [0.717, 1.165) is 20.9 Å². The maximum atomic E-state index is 11.1. The van der Waals surface area contributed by atoms with Gasteiger partial charge in [0, 0.05) is 9.86 Å². The molecule has 0 unspecified atom stereocenters. The van der Waals surface area contributed by atoms with E-state index in [4.69, 9.17) is 0 Å². The minimum atomic E-state index is -0.230. The van der Waals surface area contributed by atoms with Crippen molar-refractivity contribution < 1.29 is 0 Å². The average molecular weight is 264 g/mol. The summed E-state index contributed by atoms with van der Waals surface area (Å²) in [5, 5.41) is 0.993. The first-order valence-corrected chi connectivity index (χ1v) is 5.20. The van der Waals surface area contributed by atoms with Crippen LogP contribution in [0, 0.1) is 0 Å². The number of aromatic nitrogens is 3. The Kier molecular flexibility index (Phi) is 1.70. The summed E-state index contributed by atoms with van der Waals surface area (Å²) < 4.78 is 0.994. The highest BCUT2D eigenvalue weighted by molar-refractivity contribution is 9.10. The van der Waals surface area contributed by atoms with Gasteiger partial charge in [-0.15, -0.1) is 0 Å². The summed E-state index contributed by atoms with van der Waals surface area (Å²) in [5.74, 6) is 0. The molecule has 1 aromatic carbocycles. The van der Waals surface area contributed by atoms with Crippen molar-refractivity contribution in [1.82, 2.24) is 15.0 Å². The van der Waals surface area contributed by atoms with E-state index in [2.05, 4.69) is 30.9 Å². The van der Waals surface area contributed by atoms with Gasteiger partial charge in [0.1, 0.15) is 0 Å². The second kappa shape index (κ2) is 2.93. The molecule has 3 aromatic rings. The molecule has 0 amide bonds. The van der Waals surface area contributed by atoms with Gasteiger partial charge in [-0.3, -0.25) is 4.98 Å². The van der Waals surface area contributed by atoms with Gasteiger partial charge in [-0.25, -0.2) is 9.78 Å². The highest BCUT2D eigenvalue weighted by atomic mass is 79.9. The average Bonchev–Trinajstić information content (AvgIpc) is 2.53. The molecule has 0 aliphatic heterocycles. The van der Waals surface area contributed by atoms with Crippen LogP contribution in [0.5, 0.6) is 0 Å². The van der Waals surface area contributed by atoms with Gasteiger partial charge in [-0.1, -0.05) is 15.9 Å². The van der Waals surface area contributed by atoms with E-state index in [9.17, 15) is 4.79 Å². The van der Waals surface area contributed by atoms with Gasteiger partial charge in [-0.05, 0) is 24.3 Å². The van der Waals surface area contributed by atoms with Crippen LogP contribution in [0.3, 0.4) is 0 Å². The van der Waals surface area contributed by atoms with Crippen LogP contribution >= 0.6 is 15.9 Å². The number of aromatic amines is 2. The van der Waals surface area contributed by atoms with Crippen molar-refractivity contribution in [2.24, 2.45) is 0 Å². The number of fused-ring (bicyclic) bond motifs is 2. The molecule has 0 atom stereocenters. The summed E-state index contributed by atoms with van der Waals surface area (Å²) in [6.45, 7) is 0. The van der Waals surface area contributed by atoms with Crippen molar-refractivity contribution in [1.29, 1.82) is 0 Å². The molecule has 74 valence electrons. The topological polar surface area (TPSA) is 61.5 Å². The van der Waals surface area contributed by atoms with Crippen molar-refractivity contribution in [3.63, 3.8) is 0 Å². The summed E-state index contributed by atoms with van der Waals surface area (Å²) in [6, 6.07) is 7.70. The number of nitrogens with zero attached hydrogens (tertiary/aromatic N) is 1. The highest BCUT2D eigenvalue weighted by Crippen LogP contribution is 2.20. The lowest BCUT2D eigenvalue weighted by Gasteiger charge is -1.97. The van der Waals surface area contributed by atoms with Crippen LogP contribution in [0.4, 0.5) is 0 Å². The van der Waals surface area contributed by atoms with E-state index in [-0.39, 0.29) is 5.69 Å². The van der Waals surface area contributed by atoms with Crippen LogP contribution in [-0.2, 0) is 0 Å². The molecule has 0 fully saturated rings. The maximum absolute atomic E-state index is 11.1. The first-order valence-electron chi connectivity index (χ1n) is 4.41. The van der Waals surface area contributed by atoms with Crippen LogP contribution in [0.2, 0.25) is 0 Å². The maximum Gasteiger partial charge on any atom is 0.325 e. The first-order chi connectivity index (χ1) is 7.22. The molecule has 2 aromatic heterocycles. The number of hydrogen-bond donors (Lipinski definition) is 2. The zero-order valence-electron chi connectivity index (χ0n) is 7.54. The third kappa shape index (κ3) is 1.35. The molecule has 2 heterocycles. The normalized spacial score (nSPS) is 11.3. The predicted molar refractivity (Wildman–Crippen MR) is 61.9 cm³/mol. The second-order valence-corrected chi connectivity index (χ2v) is 4.22. The van der Waals surface area contributed by atoms with Gasteiger partial charge >= 0.3 is 5.69 Å². The van der Waals surface area contributed by atoms with Crippen molar-refractivity contribution in [3.8, 4) is 0 Å². The quantitative estimate of drug-likeness (QED) is 0.653. The van der Waals surface area contributed by atoms with Gasteiger partial charge in [-0.2, -0.15) is 0 Å². The molecule has 0 saturated carbocycles. The molecule has 4 nitrogen and oxygen atoms in total. The summed E-state index contributed by atoms with van der Waals surface area (Å²) in [6.07, 6.45) is 0. The van der Waals surface area contributed by atoms with Crippen LogP contribution in [0.15, 0.2) is 33.5 Å². The number of nitrogens with one attached hydrogen (secondary N) is 2. The fourth-order valence-electron chi connectivity index (χ4n) is 1.60. The molecule has 15 heavy (non-hydrogen) atoms. The van der Waals surface area contributed by atoms with E-state index in [0.29, 0.717) is 5.65 Å². The molecule has 0 bridgehead atoms. The minimum Gasteiger partial charge on any atom is -0.304 e. The van der Waals surface area contributed by atoms with E-state index in [1.54, 1.807) is 0 Å². The van der Waals surface area contributed by atoms with Gasteiger partial charge in [0.2, 0.25) is 0 Å². The van der Waals surface area contributed by atoms with Crippen LogP contribution in [0.1, 0.15) is 0 Å². The Bertz CT molecular complexity index is 713. The summed E-state index contributed by atoms with van der Waals surface area (Å²) >= 11 is 3.39. The highest BCUT2D eigenvalue weighted by Gasteiger charge is 2.02. The Morgan fingerprint density at radius 3 is 2.93 bits per heavy atom. The zero-order valence-corrected chi connectivity index (χ0v) is 9.13. The molecular formula is C10H6BrN3O. The molecule has 0 aliphatic rings. The van der Waals surface area contributed by atoms with Gasteiger partial charge in [0.25, 0.3) is 0 Å². The third-order valence-electron chi connectivity index (χ3n) is 2.26. The number of hydrogen-bond acceptors (Lipinski definition) is 2. The van der Waals surface area contributed by atoms with E-state index in [1.165, 1.54) is 0 Å². The fraction of sp³-hybridized carbons (Fsp3) is 0. The minimum absolute atomic E-state index is 0.230. The predicted octanol–water partition coefficient (Wildman–Crippen LogP) is 2.17. The van der Waals surface area contributed by atoms with E-state index in [1.807, 2.05) is 24.3 Å². The standard InChI is InChI=1S/C10H6BrN3O/c11-6-1-2-7-5(3-6)4-8-9(12-7)14-10(15)13-8/h1-4H,(H2,12,13,14,15). The van der Waals surface area contributed by atoms with E-state index < -0.39 is 0 Å². The largest absolute Gasteiger partial charge is 0.325 e. The molecule has 0 radical (unpaired) electrons. The van der Waals surface area contributed by atoms with Crippen molar-refractivity contribution in [2.45, 2.75) is 0 Å². The van der Waals surface area contributed by atoms with Crippen molar-refractivity contribution in [3.05, 3.63) is 39.2 Å². The Morgan fingerprint density at radius 2 is 2.07 bits per heavy atom. The molecule has 5 heteroatoms. The smallest absolute Gasteiger partial charge is 0.304 e. The van der Waals surface area contributed by atoms with Gasteiger partial charge in [0.15, 0.2) is 5.65 Å². The van der Waals surface area contributed by atoms with Crippen molar-refractivity contribution in [2.75, 3.05) is 0 Å². The van der Waals surface area contributed by atoms with Gasteiger partial charge in [0.05, 0.1) is 11.0 Å². The third-order valence-corrected chi connectivity index (χ3v) is 2.75. The Balaban J connectivity index is 2.51. The lowest BCUT2D eigenvalue weighted by Crippen LogP contribution is -1.99. The second-order valence-electron chi connectivity index (χ2n) is 3.30. The molecule has 0 spiro atoms. The number of benzene rings is 1. The summed E-state index contributed by atoms with van der Waals surface area (Å²) in [4.78, 5) is 20.7. The number of imidazole rings is 1. The van der Waals surface area contributed by atoms with Crippen LogP contribution < -0.4 is 5.69 Å². The van der Waals surface area contributed by atoms with Crippen LogP contribution in [0.25, 0.3) is 22.1 Å². The monoisotopic (exact) mass is 263 g/mol. The summed E-state index contributed by atoms with van der Waals surface area (Å²) in [7, 11) is 0. The molecular weight excluding hydrogens is 258 g/mol. The summed E-state index contributed by atoms with van der Waals surface area (Å²) in [5.41, 5.74) is 1.95. The Hall–Kier alpha value is -1.62. The first kappa shape index (κ1) is 8.67. The molecule has 0 aliphatic carbocycles. The van der Waals surface area contributed by atoms with Gasteiger partial charge < -0.3 is 4.98 Å². The SMILES string of the molecule is O=c1[nH]c2cc3cc(Br)ccc3nc2[nH]1. The number of H-pyrrole nitrogens is 2. The fourth-order valence-corrected chi connectivity index (χ4v) is 1.98. The van der Waals surface area contributed by atoms with Crippen molar-refractivity contribution >= 4 is 38.0 Å². The Morgan fingerprint density at radius 1 is 1.20 bits per heavy atom. The molecule has 3 rings (SSSR count). The molecule has 0 saturated heterocycles. The molecule has 2 N–H and O–H groups in total. The number of pyridine rings is 1. The number of halogens is 1.